The van der Waals surface area contributed by atoms with Crippen LogP contribution in [-0.4, -0.2) is 22.0 Å². The molecule has 0 spiro atoms. The van der Waals surface area contributed by atoms with Gasteiger partial charge in [-0.3, -0.25) is 14.9 Å². The van der Waals surface area contributed by atoms with E-state index in [0.717, 1.165) is 12.1 Å². The summed E-state index contributed by atoms with van der Waals surface area (Å²) in [5.41, 5.74) is -0.0810. The van der Waals surface area contributed by atoms with Crippen LogP contribution in [0.15, 0.2) is 18.2 Å². The lowest BCUT2D eigenvalue weighted by Gasteiger charge is -2.14. The van der Waals surface area contributed by atoms with Crippen molar-refractivity contribution in [1.29, 1.82) is 0 Å². The first-order valence-corrected chi connectivity index (χ1v) is 5.32. The number of carboxylic acids is 1. The SMILES string of the molecule is CC(CCC(=O)O)Nc1cc(F)cc([N+](=O)[O-])c1. The maximum absolute atomic E-state index is 13.1. The minimum absolute atomic E-state index is 0.0222. The second kappa shape index (κ2) is 5.95. The van der Waals surface area contributed by atoms with Crippen molar-refractivity contribution < 1.29 is 19.2 Å². The lowest BCUT2D eigenvalue weighted by Crippen LogP contribution is -2.16. The largest absolute Gasteiger partial charge is 0.481 e. The number of aliphatic carboxylic acids is 1. The molecule has 0 aliphatic carbocycles. The number of nitro benzene ring substituents is 1. The molecule has 0 heterocycles. The van der Waals surface area contributed by atoms with Crippen molar-refractivity contribution in [2.45, 2.75) is 25.8 Å². The Labute approximate surface area is 103 Å². The van der Waals surface area contributed by atoms with Gasteiger partial charge in [0.1, 0.15) is 5.82 Å². The van der Waals surface area contributed by atoms with Gasteiger partial charge in [-0.2, -0.15) is 0 Å². The maximum Gasteiger partial charge on any atom is 0.303 e. The normalized spacial score (nSPS) is 11.9. The second-order valence-electron chi connectivity index (χ2n) is 3.93. The number of hydrogen-bond donors (Lipinski definition) is 2. The van der Waals surface area contributed by atoms with Crippen LogP contribution in [0, 0.1) is 15.9 Å². The number of carbonyl (C=O) groups is 1. The third-order valence-corrected chi connectivity index (χ3v) is 2.30. The lowest BCUT2D eigenvalue weighted by molar-refractivity contribution is -0.385. The number of benzene rings is 1. The lowest BCUT2D eigenvalue weighted by atomic mass is 10.1. The van der Waals surface area contributed by atoms with Crippen molar-refractivity contribution in [1.82, 2.24) is 0 Å². The summed E-state index contributed by atoms with van der Waals surface area (Å²) in [5.74, 6) is -1.63. The molecule has 0 bridgehead atoms. The zero-order valence-electron chi connectivity index (χ0n) is 9.72. The summed E-state index contributed by atoms with van der Waals surface area (Å²) >= 11 is 0. The highest BCUT2D eigenvalue weighted by atomic mass is 19.1. The van der Waals surface area contributed by atoms with Crippen LogP contribution in [0.1, 0.15) is 19.8 Å². The van der Waals surface area contributed by atoms with Crippen LogP contribution in [0.5, 0.6) is 0 Å². The van der Waals surface area contributed by atoms with E-state index in [0.29, 0.717) is 6.42 Å². The van der Waals surface area contributed by atoms with E-state index in [1.165, 1.54) is 6.07 Å². The number of rotatable bonds is 6. The Hall–Kier alpha value is -2.18. The first-order valence-electron chi connectivity index (χ1n) is 5.32. The molecule has 1 aromatic rings. The molecule has 2 N–H and O–H groups in total. The number of halogens is 1. The van der Waals surface area contributed by atoms with Gasteiger partial charge in [0.05, 0.1) is 11.0 Å². The number of anilines is 1. The van der Waals surface area contributed by atoms with Crippen LogP contribution in [0.3, 0.4) is 0 Å². The van der Waals surface area contributed by atoms with Crippen LogP contribution < -0.4 is 5.32 Å². The number of hydrogen-bond acceptors (Lipinski definition) is 4. The van der Waals surface area contributed by atoms with E-state index in [1.54, 1.807) is 6.92 Å². The molecule has 1 unspecified atom stereocenters. The van der Waals surface area contributed by atoms with E-state index in [-0.39, 0.29) is 23.8 Å². The summed E-state index contributed by atoms with van der Waals surface area (Å²) in [6.45, 7) is 1.72. The van der Waals surface area contributed by atoms with Crippen molar-refractivity contribution in [3.8, 4) is 0 Å². The molecular formula is C11H13FN2O4. The van der Waals surface area contributed by atoms with Crippen LogP contribution in [-0.2, 0) is 4.79 Å². The summed E-state index contributed by atoms with van der Waals surface area (Å²) in [4.78, 5) is 20.2. The zero-order chi connectivity index (χ0) is 13.7. The van der Waals surface area contributed by atoms with Crippen LogP contribution in [0.2, 0.25) is 0 Å². The predicted octanol–water partition coefficient (Wildman–Crippen LogP) is 2.40. The minimum Gasteiger partial charge on any atom is -0.481 e. The van der Waals surface area contributed by atoms with E-state index < -0.39 is 16.7 Å². The molecule has 0 radical (unpaired) electrons. The van der Waals surface area contributed by atoms with Gasteiger partial charge in [0, 0.05) is 24.2 Å². The van der Waals surface area contributed by atoms with E-state index >= 15 is 0 Å². The van der Waals surface area contributed by atoms with Crippen molar-refractivity contribution >= 4 is 17.3 Å². The molecule has 18 heavy (non-hydrogen) atoms. The van der Waals surface area contributed by atoms with Crippen LogP contribution in [0.25, 0.3) is 0 Å². The fraction of sp³-hybridized carbons (Fsp3) is 0.364. The highest BCUT2D eigenvalue weighted by Crippen LogP contribution is 2.21. The maximum atomic E-state index is 13.1. The Morgan fingerprint density at radius 2 is 2.22 bits per heavy atom. The quantitative estimate of drug-likeness (QED) is 0.602. The number of non-ortho nitro benzene ring substituents is 1. The van der Waals surface area contributed by atoms with Crippen molar-refractivity contribution in [3.05, 3.63) is 34.1 Å². The Morgan fingerprint density at radius 1 is 1.56 bits per heavy atom. The van der Waals surface area contributed by atoms with E-state index in [9.17, 15) is 19.3 Å². The molecule has 0 fully saturated rings. The molecule has 1 aromatic carbocycles. The van der Waals surface area contributed by atoms with Crippen LogP contribution in [0.4, 0.5) is 15.8 Å². The monoisotopic (exact) mass is 256 g/mol. The van der Waals surface area contributed by atoms with Gasteiger partial charge in [-0.25, -0.2) is 4.39 Å². The summed E-state index contributed by atoms with van der Waals surface area (Å²) in [6.07, 6.45) is 0.325. The van der Waals surface area contributed by atoms with Crippen molar-refractivity contribution in [2.75, 3.05) is 5.32 Å². The fourth-order valence-electron chi connectivity index (χ4n) is 1.46. The van der Waals surface area contributed by atoms with Gasteiger partial charge in [0.15, 0.2) is 0 Å². The van der Waals surface area contributed by atoms with Crippen molar-refractivity contribution in [3.63, 3.8) is 0 Å². The standard InChI is InChI=1S/C11H13FN2O4/c1-7(2-3-11(15)16)13-9-4-8(12)5-10(6-9)14(17)18/h4-7,13H,2-3H2,1H3,(H,15,16). The molecule has 0 saturated heterocycles. The van der Waals surface area contributed by atoms with Crippen molar-refractivity contribution in [2.24, 2.45) is 0 Å². The van der Waals surface area contributed by atoms with Gasteiger partial charge in [-0.1, -0.05) is 0 Å². The third kappa shape index (κ3) is 4.36. The summed E-state index contributed by atoms with van der Waals surface area (Å²) in [7, 11) is 0. The molecule has 0 aromatic heterocycles. The van der Waals surface area contributed by atoms with Gasteiger partial charge >= 0.3 is 5.97 Å². The Balaban J connectivity index is 2.72. The van der Waals surface area contributed by atoms with Gasteiger partial charge in [0.2, 0.25) is 0 Å². The highest BCUT2D eigenvalue weighted by Gasteiger charge is 2.11. The van der Waals surface area contributed by atoms with Crippen LogP contribution >= 0.6 is 0 Å². The Bertz CT molecular complexity index is 464. The average Bonchev–Trinajstić information content (AvgIpc) is 2.25. The smallest absolute Gasteiger partial charge is 0.303 e. The second-order valence-corrected chi connectivity index (χ2v) is 3.93. The molecule has 0 saturated carbocycles. The van der Waals surface area contributed by atoms with E-state index in [4.69, 9.17) is 5.11 Å². The molecule has 7 heteroatoms. The number of carboxylic acid groups (broad SMARTS) is 1. The molecule has 6 nitrogen and oxygen atoms in total. The first-order chi connectivity index (χ1) is 8.38. The molecule has 1 atom stereocenters. The molecule has 1 rings (SSSR count). The summed E-state index contributed by atoms with van der Waals surface area (Å²) in [6, 6.07) is 2.94. The third-order valence-electron chi connectivity index (χ3n) is 2.30. The van der Waals surface area contributed by atoms with Gasteiger partial charge in [-0.15, -0.1) is 0 Å². The fourth-order valence-corrected chi connectivity index (χ4v) is 1.46. The predicted molar refractivity (Wildman–Crippen MR) is 63.0 cm³/mol. The summed E-state index contributed by atoms with van der Waals surface area (Å²) in [5, 5.41) is 21.9. The number of nitrogens with one attached hydrogen (secondary N) is 1. The first kappa shape index (κ1) is 13.9. The molecule has 0 amide bonds. The van der Waals surface area contributed by atoms with E-state index in [1.807, 2.05) is 0 Å². The molecule has 98 valence electrons. The van der Waals surface area contributed by atoms with Gasteiger partial charge < -0.3 is 10.4 Å². The molecule has 0 aliphatic heterocycles. The topological polar surface area (TPSA) is 92.5 Å². The van der Waals surface area contributed by atoms with Gasteiger partial charge in [-0.05, 0) is 19.4 Å². The minimum atomic E-state index is -0.922. The molecule has 0 aliphatic rings. The summed E-state index contributed by atoms with van der Waals surface area (Å²) < 4.78 is 13.1. The van der Waals surface area contributed by atoms with E-state index in [2.05, 4.69) is 5.32 Å². The number of nitro groups is 1. The Kier molecular flexibility index (Phi) is 4.59. The molecular weight excluding hydrogens is 243 g/mol. The average molecular weight is 256 g/mol. The Morgan fingerprint density at radius 3 is 2.78 bits per heavy atom. The number of nitrogens with zero attached hydrogens (tertiary/aromatic N) is 1. The van der Waals surface area contributed by atoms with Gasteiger partial charge in [0.25, 0.3) is 5.69 Å². The highest BCUT2D eigenvalue weighted by molar-refractivity contribution is 5.66. The zero-order valence-corrected chi connectivity index (χ0v) is 9.72.